The Morgan fingerprint density at radius 3 is 2.52 bits per heavy atom. The molecule has 0 spiro atoms. The van der Waals surface area contributed by atoms with Crippen molar-refractivity contribution in [1.82, 2.24) is 15.0 Å². The molecule has 1 aliphatic heterocycles. The van der Waals surface area contributed by atoms with Gasteiger partial charge in [-0.15, -0.1) is 0 Å². The van der Waals surface area contributed by atoms with Crippen LogP contribution in [0.3, 0.4) is 0 Å². The van der Waals surface area contributed by atoms with Crippen molar-refractivity contribution in [3.05, 3.63) is 53.1 Å². The van der Waals surface area contributed by atoms with Crippen molar-refractivity contribution < 1.29 is 22.7 Å². The second-order valence-corrected chi connectivity index (χ2v) is 8.56. The zero-order valence-electron chi connectivity index (χ0n) is 18.6. The first-order chi connectivity index (χ1) is 15.4. The molecule has 10 heteroatoms. The van der Waals surface area contributed by atoms with Crippen LogP contribution >= 0.6 is 0 Å². The zero-order valence-corrected chi connectivity index (χ0v) is 18.6. The van der Waals surface area contributed by atoms with Gasteiger partial charge in [-0.3, -0.25) is 4.98 Å². The minimum absolute atomic E-state index is 0.112. The Balaban J connectivity index is 1.80. The largest absolute Gasteiger partial charge is 0.458 e. The number of nitrogens with zero attached hydrogens (tertiary/aromatic N) is 3. The van der Waals surface area contributed by atoms with E-state index in [0.717, 1.165) is 6.20 Å². The number of hydrogen-bond acceptors (Lipinski definition) is 7. The predicted molar refractivity (Wildman–Crippen MR) is 117 cm³/mol. The van der Waals surface area contributed by atoms with Crippen LogP contribution in [0.2, 0.25) is 0 Å². The van der Waals surface area contributed by atoms with Crippen molar-refractivity contribution in [3.8, 4) is 0 Å². The van der Waals surface area contributed by atoms with E-state index in [0.29, 0.717) is 40.3 Å². The summed E-state index contributed by atoms with van der Waals surface area (Å²) in [5.41, 5.74) is 5.94. The number of anilines is 2. The van der Waals surface area contributed by atoms with Crippen LogP contribution < -0.4 is 11.1 Å². The number of alkyl halides is 3. The Bertz CT molecular complexity index is 1240. The molecule has 0 saturated heterocycles. The molecule has 3 aromatic rings. The third-order valence-electron chi connectivity index (χ3n) is 6.22. The highest BCUT2D eigenvalue weighted by atomic mass is 19.4. The number of nitrogens with two attached hydrogens (primary N) is 1. The fraction of sp³-hybridized carbons (Fsp3) is 0.391. The molecule has 3 atom stereocenters. The average Bonchev–Trinajstić information content (AvgIpc) is 2.76. The lowest BCUT2D eigenvalue weighted by atomic mass is 9.88. The summed E-state index contributed by atoms with van der Waals surface area (Å²) in [7, 11) is 0. The summed E-state index contributed by atoms with van der Waals surface area (Å²) in [6.45, 7) is 7.31. The normalized spacial score (nSPS) is 20.2. The minimum Gasteiger partial charge on any atom is -0.458 e. The van der Waals surface area contributed by atoms with Gasteiger partial charge in [0.15, 0.2) is 5.69 Å². The topological polar surface area (TPSA) is 103 Å². The highest BCUT2D eigenvalue weighted by Crippen LogP contribution is 2.38. The molecule has 4 rings (SSSR count). The van der Waals surface area contributed by atoms with Crippen molar-refractivity contribution in [2.24, 2.45) is 5.73 Å². The molecule has 0 amide bonds. The molecular formula is C23H24F3N5O2. The molecule has 3 N–H and O–H groups in total. The third kappa shape index (κ3) is 4.10. The van der Waals surface area contributed by atoms with Gasteiger partial charge < -0.3 is 15.8 Å². The van der Waals surface area contributed by atoms with Crippen LogP contribution in [0.25, 0.3) is 10.8 Å². The molecule has 0 saturated carbocycles. The fourth-order valence-electron chi connectivity index (χ4n) is 3.83. The van der Waals surface area contributed by atoms with Gasteiger partial charge in [-0.1, -0.05) is 13.8 Å². The van der Waals surface area contributed by atoms with Gasteiger partial charge in [0, 0.05) is 29.2 Å². The molecule has 0 aromatic carbocycles. The van der Waals surface area contributed by atoms with E-state index in [-0.39, 0.29) is 17.4 Å². The van der Waals surface area contributed by atoms with Gasteiger partial charge in [-0.2, -0.15) is 13.2 Å². The second-order valence-electron chi connectivity index (χ2n) is 8.56. The molecule has 0 unspecified atom stereocenters. The lowest BCUT2D eigenvalue weighted by Gasteiger charge is -2.27. The summed E-state index contributed by atoms with van der Waals surface area (Å²) in [6, 6.07) is 4.73. The van der Waals surface area contributed by atoms with Crippen molar-refractivity contribution in [3.63, 3.8) is 0 Å². The Labute approximate surface area is 188 Å². The fourth-order valence-corrected chi connectivity index (χ4v) is 3.83. The molecule has 0 aliphatic carbocycles. The van der Waals surface area contributed by atoms with Crippen molar-refractivity contribution in [2.45, 2.75) is 57.9 Å². The van der Waals surface area contributed by atoms with Crippen LogP contribution in [-0.2, 0) is 16.5 Å². The average molecular weight is 459 g/mol. The zero-order chi connectivity index (χ0) is 24.1. The second kappa shape index (κ2) is 7.95. The van der Waals surface area contributed by atoms with Gasteiger partial charge in [-0.25, -0.2) is 14.8 Å². The number of carbonyl (C=O) groups excluding carboxylic acids is 1. The van der Waals surface area contributed by atoms with E-state index in [4.69, 9.17) is 10.5 Å². The molecule has 33 heavy (non-hydrogen) atoms. The highest BCUT2D eigenvalue weighted by molar-refractivity contribution is 5.93. The number of pyridine rings is 3. The summed E-state index contributed by atoms with van der Waals surface area (Å²) in [5, 5.41) is 3.22. The van der Waals surface area contributed by atoms with Gasteiger partial charge in [0.1, 0.15) is 17.7 Å². The molecular weight excluding hydrogens is 435 g/mol. The highest BCUT2D eigenvalue weighted by Gasteiger charge is 2.36. The van der Waals surface area contributed by atoms with Gasteiger partial charge >= 0.3 is 12.1 Å². The Morgan fingerprint density at radius 1 is 1.12 bits per heavy atom. The molecule has 0 radical (unpaired) electrons. The first-order valence-corrected chi connectivity index (χ1v) is 10.6. The van der Waals surface area contributed by atoms with E-state index in [9.17, 15) is 18.0 Å². The first-order valence-electron chi connectivity index (χ1n) is 10.6. The standard InChI is InChI=1S/C23H24F3N5O2/c1-5-22(4,27)16-10-29-20(23(24,25)26)15-9-28-18(8-14(15)16)30-17-7-6-13-19(31-17)11(2)12(3)33-21(13)32/h6-12H,5,27H2,1-4H3,(H,28,30,31)/t11-,12-,22-/m0/s1. The first kappa shape index (κ1) is 22.9. The van der Waals surface area contributed by atoms with Gasteiger partial charge in [0.25, 0.3) is 0 Å². The number of ether oxygens (including phenoxy) is 1. The van der Waals surface area contributed by atoms with Crippen molar-refractivity contribution >= 4 is 28.4 Å². The van der Waals surface area contributed by atoms with Crippen LogP contribution in [-0.4, -0.2) is 27.0 Å². The summed E-state index contributed by atoms with van der Waals surface area (Å²) in [4.78, 5) is 24.5. The third-order valence-corrected chi connectivity index (χ3v) is 6.22. The number of halogens is 3. The minimum atomic E-state index is -4.63. The van der Waals surface area contributed by atoms with E-state index in [1.807, 2.05) is 13.8 Å². The smallest absolute Gasteiger partial charge is 0.434 e. The summed E-state index contributed by atoms with van der Waals surface area (Å²) in [5.74, 6) is 0.157. The Kier molecular flexibility index (Phi) is 5.52. The predicted octanol–water partition coefficient (Wildman–Crippen LogP) is 5.03. The summed E-state index contributed by atoms with van der Waals surface area (Å²) >= 11 is 0. The van der Waals surface area contributed by atoms with E-state index in [1.54, 1.807) is 26.0 Å². The number of rotatable bonds is 4. The lowest BCUT2D eigenvalue weighted by Crippen LogP contribution is -2.32. The Hall–Kier alpha value is -3.27. The number of esters is 1. The summed E-state index contributed by atoms with van der Waals surface area (Å²) in [6.07, 6.45) is -2.13. The van der Waals surface area contributed by atoms with Crippen LogP contribution in [0.15, 0.2) is 30.6 Å². The van der Waals surface area contributed by atoms with Crippen LogP contribution in [0.5, 0.6) is 0 Å². The van der Waals surface area contributed by atoms with Crippen LogP contribution in [0, 0.1) is 0 Å². The Morgan fingerprint density at radius 2 is 1.85 bits per heavy atom. The molecule has 3 aromatic heterocycles. The van der Waals surface area contributed by atoms with Gasteiger partial charge in [0.2, 0.25) is 0 Å². The molecule has 0 fully saturated rings. The molecule has 7 nitrogen and oxygen atoms in total. The van der Waals surface area contributed by atoms with Crippen LogP contribution in [0.4, 0.5) is 24.8 Å². The number of fused-ring (bicyclic) bond motifs is 2. The van der Waals surface area contributed by atoms with E-state index in [1.165, 1.54) is 12.3 Å². The number of cyclic esters (lactones) is 1. The van der Waals surface area contributed by atoms with Crippen molar-refractivity contribution in [2.75, 3.05) is 5.32 Å². The molecule has 174 valence electrons. The lowest BCUT2D eigenvalue weighted by molar-refractivity contribution is -0.139. The number of carbonyl (C=O) groups is 1. The maximum Gasteiger partial charge on any atom is 0.434 e. The maximum absolute atomic E-state index is 13.6. The number of aromatic nitrogens is 3. The SMILES string of the molecule is CC[C@](C)(N)c1cnc(C(F)(F)F)c2cnc(Nc3ccc4c(n3)[C@@H](C)[C@H](C)OC4=O)cc12. The quantitative estimate of drug-likeness (QED) is 0.527. The van der Waals surface area contributed by atoms with E-state index in [2.05, 4.69) is 20.3 Å². The number of hydrogen-bond donors (Lipinski definition) is 2. The monoisotopic (exact) mass is 459 g/mol. The molecule has 4 heterocycles. The van der Waals surface area contributed by atoms with Crippen LogP contribution in [0.1, 0.15) is 67.3 Å². The molecule has 0 bridgehead atoms. The van der Waals surface area contributed by atoms with Gasteiger partial charge in [0.05, 0.1) is 11.3 Å². The summed E-state index contributed by atoms with van der Waals surface area (Å²) < 4.78 is 46.0. The van der Waals surface area contributed by atoms with E-state index >= 15 is 0 Å². The molecule has 1 aliphatic rings. The van der Waals surface area contributed by atoms with E-state index < -0.39 is 23.4 Å². The van der Waals surface area contributed by atoms with Gasteiger partial charge in [-0.05, 0) is 49.4 Å². The van der Waals surface area contributed by atoms with Crippen molar-refractivity contribution in [1.29, 1.82) is 0 Å². The number of nitrogens with one attached hydrogen (secondary N) is 1. The maximum atomic E-state index is 13.6.